The van der Waals surface area contributed by atoms with Gasteiger partial charge in [0.25, 0.3) is 5.91 Å². The second-order valence-electron chi connectivity index (χ2n) is 7.87. The van der Waals surface area contributed by atoms with E-state index in [1.54, 1.807) is 4.90 Å². The maximum atomic E-state index is 13.6. The zero-order valence-corrected chi connectivity index (χ0v) is 20.1. The molecule has 2 aliphatic rings. The molecule has 3 rings (SSSR count). The molecule has 0 aliphatic carbocycles. The molecule has 1 aromatic rings. The predicted octanol–water partition coefficient (Wildman–Crippen LogP) is 4.31. The van der Waals surface area contributed by atoms with Crippen molar-refractivity contribution in [2.24, 2.45) is 4.99 Å². The number of nitrogens with zero attached hydrogens (tertiary/aromatic N) is 4. The molecular formula is C24H32N4O2S. The molecule has 0 N–H and O–H groups in total. The SMILES string of the molecule is CCN(C)C(=O)CC1=CSC2=NC(C)=C(C(=O)N(CC)CC)C(c3cccc(C)c3)N12. The van der Waals surface area contributed by atoms with E-state index in [2.05, 4.69) is 30.0 Å². The van der Waals surface area contributed by atoms with E-state index in [0.717, 1.165) is 27.7 Å². The van der Waals surface area contributed by atoms with Gasteiger partial charge in [0.15, 0.2) is 5.17 Å². The topological polar surface area (TPSA) is 56.2 Å². The van der Waals surface area contributed by atoms with Crippen LogP contribution in [0.15, 0.2) is 51.6 Å². The van der Waals surface area contributed by atoms with Gasteiger partial charge in [-0.25, -0.2) is 4.99 Å². The number of carbonyl (C=O) groups excluding carboxylic acids is 2. The minimum absolute atomic E-state index is 0.00468. The number of amidine groups is 1. The summed E-state index contributed by atoms with van der Waals surface area (Å²) in [5.41, 5.74) is 4.48. The average Bonchev–Trinajstić information content (AvgIpc) is 3.14. The first-order valence-electron chi connectivity index (χ1n) is 10.9. The van der Waals surface area contributed by atoms with Crippen LogP contribution in [0.25, 0.3) is 0 Å². The highest BCUT2D eigenvalue weighted by Gasteiger charge is 2.41. The molecule has 2 amide bonds. The molecule has 166 valence electrons. The molecule has 0 fully saturated rings. The van der Waals surface area contributed by atoms with Gasteiger partial charge in [0.1, 0.15) is 0 Å². The van der Waals surface area contributed by atoms with E-state index in [-0.39, 0.29) is 24.3 Å². The van der Waals surface area contributed by atoms with E-state index in [1.807, 2.05) is 51.1 Å². The third kappa shape index (κ3) is 4.56. The van der Waals surface area contributed by atoms with Gasteiger partial charge in [-0.3, -0.25) is 9.59 Å². The molecule has 31 heavy (non-hydrogen) atoms. The van der Waals surface area contributed by atoms with Gasteiger partial charge < -0.3 is 14.7 Å². The molecule has 2 aliphatic heterocycles. The number of hydrogen-bond donors (Lipinski definition) is 0. The summed E-state index contributed by atoms with van der Waals surface area (Å²) in [7, 11) is 1.81. The maximum Gasteiger partial charge on any atom is 0.254 e. The van der Waals surface area contributed by atoms with Gasteiger partial charge in [0, 0.05) is 32.4 Å². The van der Waals surface area contributed by atoms with E-state index >= 15 is 0 Å². The van der Waals surface area contributed by atoms with Crippen molar-refractivity contribution in [3.05, 3.63) is 57.8 Å². The summed E-state index contributed by atoms with van der Waals surface area (Å²) in [5, 5.41) is 2.82. The molecular weight excluding hydrogens is 408 g/mol. The fraction of sp³-hybridized carbons (Fsp3) is 0.458. The fourth-order valence-corrected chi connectivity index (χ4v) is 4.91. The van der Waals surface area contributed by atoms with Gasteiger partial charge in [-0.15, -0.1) is 0 Å². The first kappa shape index (κ1) is 23.1. The molecule has 2 heterocycles. The summed E-state index contributed by atoms with van der Waals surface area (Å²) in [5.74, 6) is 0.0616. The highest BCUT2D eigenvalue weighted by Crippen LogP contribution is 2.45. The monoisotopic (exact) mass is 440 g/mol. The Kier molecular flexibility index (Phi) is 7.26. The first-order chi connectivity index (χ1) is 14.8. The summed E-state index contributed by atoms with van der Waals surface area (Å²) >= 11 is 1.52. The second-order valence-corrected chi connectivity index (χ2v) is 8.71. The average molecular weight is 441 g/mol. The molecule has 1 aromatic carbocycles. The number of rotatable bonds is 7. The van der Waals surface area contributed by atoms with Crippen molar-refractivity contribution in [1.82, 2.24) is 14.7 Å². The lowest BCUT2D eigenvalue weighted by molar-refractivity contribution is -0.129. The third-order valence-electron chi connectivity index (χ3n) is 5.87. The van der Waals surface area contributed by atoms with Crippen LogP contribution < -0.4 is 0 Å². The molecule has 0 radical (unpaired) electrons. The van der Waals surface area contributed by atoms with Crippen molar-refractivity contribution in [1.29, 1.82) is 0 Å². The number of benzene rings is 1. The van der Waals surface area contributed by atoms with Gasteiger partial charge in [-0.1, -0.05) is 41.6 Å². The summed E-state index contributed by atoms with van der Waals surface area (Å²) in [6, 6.07) is 7.95. The highest BCUT2D eigenvalue weighted by molar-refractivity contribution is 8.16. The molecule has 7 heteroatoms. The lowest BCUT2D eigenvalue weighted by Gasteiger charge is -2.38. The second kappa shape index (κ2) is 9.73. The van der Waals surface area contributed by atoms with E-state index in [4.69, 9.17) is 4.99 Å². The molecule has 0 aromatic heterocycles. The number of thioether (sulfide) groups is 1. The maximum absolute atomic E-state index is 13.6. The highest BCUT2D eigenvalue weighted by atomic mass is 32.2. The number of aryl methyl sites for hydroxylation is 1. The van der Waals surface area contributed by atoms with Crippen molar-refractivity contribution in [3.8, 4) is 0 Å². The fourth-order valence-electron chi connectivity index (χ4n) is 3.95. The van der Waals surface area contributed by atoms with Crippen LogP contribution in [0.2, 0.25) is 0 Å². The number of aliphatic imine (C=N–C) groups is 1. The van der Waals surface area contributed by atoms with Crippen LogP contribution in [0.1, 0.15) is 51.3 Å². The lowest BCUT2D eigenvalue weighted by Crippen LogP contribution is -2.42. The number of hydrogen-bond acceptors (Lipinski definition) is 5. The Morgan fingerprint density at radius 3 is 2.45 bits per heavy atom. The van der Waals surface area contributed by atoms with Crippen LogP contribution in [0.3, 0.4) is 0 Å². The van der Waals surface area contributed by atoms with E-state index in [0.29, 0.717) is 25.2 Å². The van der Waals surface area contributed by atoms with Gasteiger partial charge in [-0.2, -0.15) is 0 Å². The first-order valence-corrected chi connectivity index (χ1v) is 11.7. The molecule has 0 bridgehead atoms. The summed E-state index contributed by atoms with van der Waals surface area (Å²) in [6.45, 7) is 11.9. The van der Waals surface area contributed by atoms with Crippen molar-refractivity contribution in [2.45, 2.75) is 47.1 Å². The molecule has 0 saturated carbocycles. The zero-order chi connectivity index (χ0) is 22.7. The van der Waals surface area contributed by atoms with Crippen molar-refractivity contribution >= 4 is 28.7 Å². The predicted molar refractivity (Wildman–Crippen MR) is 127 cm³/mol. The Balaban J connectivity index is 2.10. The quantitative estimate of drug-likeness (QED) is 0.634. The van der Waals surface area contributed by atoms with Crippen LogP contribution in [0.4, 0.5) is 0 Å². The lowest BCUT2D eigenvalue weighted by atomic mass is 9.92. The Labute approximate surface area is 189 Å². The van der Waals surface area contributed by atoms with E-state index in [1.165, 1.54) is 11.8 Å². The van der Waals surface area contributed by atoms with Crippen LogP contribution in [0, 0.1) is 6.92 Å². The minimum atomic E-state index is -0.304. The van der Waals surface area contributed by atoms with Crippen LogP contribution in [0.5, 0.6) is 0 Å². The standard InChI is InChI=1S/C24H32N4O2S/c1-7-26(6)20(29)14-19-15-31-24-25-17(5)21(23(30)27(8-2)9-3)22(28(19)24)18-12-10-11-16(4)13-18/h10-13,15,22H,7-9,14H2,1-6H3. The Morgan fingerprint density at radius 1 is 1.13 bits per heavy atom. The number of likely N-dealkylation sites (N-methyl/N-ethyl adjacent to an activating group) is 1. The number of amides is 2. The summed E-state index contributed by atoms with van der Waals surface area (Å²) in [4.78, 5) is 36.7. The number of fused-ring (bicyclic) bond motifs is 1. The molecule has 0 saturated heterocycles. The number of allylic oxidation sites excluding steroid dienone is 1. The Hall–Kier alpha value is -2.54. The van der Waals surface area contributed by atoms with Gasteiger partial charge >= 0.3 is 0 Å². The van der Waals surface area contributed by atoms with E-state index in [9.17, 15) is 9.59 Å². The van der Waals surface area contributed by atoms with Crippen molar-refractivity contribution in [3.63, 3.8) is 0 Å². The van der Waals surface area contributed by atoms with Crippen LogP contribution >= 0.6 is 11.8 Å². The summed E-state index contributed by atoms with van der Waals surface area (Å²) in [6.07, 6.45) is 0.282. The largest absolute Gasteiger partial charge is 0.346 e. The van der Waals surface area contributed by atoms with Crippen molar-refractivity contribution < 1.29 is 9.59 Å². The Bertz CT molecular complexity index is 962. The van der Waals surface area contributed by atoms with Gasteiger partial charge in [0.05, 0.1) is 23.7 Å². The van der Waals surface area contributed by atoms with Crippen molar-refractivity contribution in [2.75, 3.05) is 26.7 Å². The van der Waals surface area contributed by atoms with E-state index < -0.39 is 0 Å². The molecule has 6 nitrogen and oxygen atoms in total. The zero-order valence-electron chi connectivity index (χ0n) is 19.3. The normalized spacial score (nSPS) is 17.9. The molecule has 0 spiro atoms. The minimum Gasteiger partial charge on any atom is -0.346 e. The number of carbonyl (C=O) groups is 2. The molecule has 1 unspecified atom stereocenters. The summed E-state index contributed by atoms with van der Waals surface area (Å²) < 4.78 is 0. The Morgan fingerprint density at radius 2 is 1.84 bits per heavy atom. The van der Waals surface area contributed by atoms with Crippen LogP contribution in [-0.2, 0) is 9.59 Å². The van der Waals surface area contributed by atoms with Crippen LogP contribution in [-0.4, -0.2) is 58.4 Å². The van der Waals surface area contributed by atoms with Gasteiger partial charge in [0.2, 0.25) is 5.91 Å². The smallest absolute Gasteiger partial charge is 0.254 e. The molecule has 1 atom stereocenters. The third-order valence-corrected chi connectivity index (χ3v) is 6.76. The van der Waals surface area contributed by atoms with Gasteiger partial charge in [-0.05, 0) is 45.6 Å².